The van der Waals surface area contributed by atoms with Crippen LogP contribution in [-0.4, -0.2) is 43.4 Å². The maximum atomic E-state index is 12.0. The molecule has 1 saturated heterocycles. The topological polar surface area (TPSA) is 51.7 Å². The second-order valence-electron chi connectivity index (χ2n) is 6.60. The van der Waals surface area contributed by atoms with Crippen LogP contribution in [0.15, 0.2) is 16.7 Å². The van der Waals surface area contributed by atoms with E-state index in [2.05, 4.69) is 25.8 Å². The molecule has 0 unspecified atom stereocenters. The van der Waals surface area contributed by atoms with Crippen molar-refractivity contribution in [2.75, 3.05) is 25.1 Å². The molecule has 0 radical (unpaired) electrons. The molecule has 1 aromatic rings. The monoisotopic (exact) mass is 396 g/mol. The van der Waals surface area contributed by atoms with Crippen molar-refractivity contribution in [3.8, 4) is 0 Å². The van der Waals surface area contributed by atoms with Crippen LogP contribution in [0.25, 0.3) is 0 Å². The highest BCUT2D eigenvalue weighted by molar-refractivity contribution is 9.10. The molecule has 2 heterocycles. The lowest BCUT2D eigenvalue weighted by atomic mass is 9.97. The van der Waals surface area contributed by atoms with Gasteiger partial charge in [-0.25, -0.2) is 9.78 Å². The number of halogens is 1. The minimum Gasteiger partial charge on any atom is -0.465 e. The summed E-state index contributed by atoms with van der Waals surface area (Å²) in [5, 5.41) is 0. The number of nitrogens with zero attached hydrogens (tertiary/aromatic N) is 2. The summed E-state index contributed by atoms with van der Waals surface area (Å²) in [5.74, 6) is 0.362. The van der Waals surface area contributed by atoms with Crippen LogP contribution in [0.5, 0.6) is 0 Å². The first-order chi connectivity index (χ1) is 11.7. The lowest BCUT2D eigenvalue weighted by Gasteiger charge is -2.36. The number of rotatable bonds is 4. The maximum Gasteiger partial charge on any atom is 0.341 e. The SMILES string of the molecule is COC(=O)c1cc(Br)cnc1N1CCC(OC2CCCCC2)CC1. The zero-order valence-electron chi connectivity index (χ0n) is 14.2. The van der Waals surface area contributed by atoms with Gasteiger partial charge in [0.2, 0.25) is 0 Å². The van der Waals surface area contributed by atoms with E-state index in [9.17, 15) is 4.79 Å². The number of hydrogen-bond donors (Lipinski definition) is 0. The zero-order valence-corrected chi connectivity index (χ0v) is 15.8. The first-order valence-electron chi connectivity index (χ1n) is 8.81. The summed E-state index contributed by atoms with van der Waals surface area (Å²) in [7, 11) is 1.40. The number of anilines is 1. The summed E-state index contributed by atoms with van der Waals surface area (Å²) >= 11 is 3.37. The molecule has 0 atom stereocenters. The number of piperidine rings is 1. The van der Waals surface area contributed by atoms with Crippen LogP contribution in [0.1, 0.15) is 55.3 Å². The van der Waals surface area contributed by atoms with E-state index in [1.807, 2.05) is 0 Å². The smallest absolute Gasteiger partial charge is 0.341 e. The van der Waals surface area contributed by atoms with Gasteiger partial charge in [-0.3, -0.25) is 0 Å². The van der Waals surface area contributed by atoms with Crippen molar-refractivity contribution in [2.24, 2.45) is 0 Å². The quantitative estimate of drug-likeness (QED) is 0.721. The number of carbonyl (C=O) groups excluding carboxylic acids is 1. The molecule has 0 N–H and O–H groups in total. The number of esters is 1. The molecule has 24 heavy (non-hydrogen) atoms. The Balaban J connectivity index is 1.61. The van der Waals surface area contributed by atoms with E-state index >= 15 is 0 Å². The van der Waals surface area contributed by atoms with Gasteiger partial charge in [-0.05, 0) is 47.7 Å². The predicted molar refractivity (Wildman–Crippen MR) is 96.5 cm³/mol. The van der Waals surface area contributed by atoms with Crippen molar-refractivity contribution in [2.45, 2.75) is 57.2 Å². The van der Waals surface area contributed by atoms with E-state index in [1.165, 1.54) is 39.2 Å². The number of aromatic nitrogens is 1. The van der Waals surface area contributed by atoms with Gasteiger partial charge < -0.3 is 14.4 Å². The Morgan fingerprint density at radius 3 is 2.50 bits per heavy atom. The van der Waals surface area contributed by atoms with E-state index in [-0.39, 0.29) is 5.97 Å². The standard InChI is InChI=1S/C18H25BrN2O3/c1-23-18(22)16-11-13(19)12-20-17(16)21-9-7-15(8-10-21)24-14-5-3-2-4-6-14/h11-12,14-15H,2-10H2,1H3. The Labute approximate surface area is 151 Å². The molecule has 0 aromatic carbocycles. The lowest BCUT2D eigenvalue weighted by molar-refractivity contribution is -0.0395. The third kappa shape index (κ3) is 4.28. The van der Waals surface area contributed by atoms with Gasteiger partial charge in [-0.1, -0.05) is 19.3 Å². The molecular formula is C18H25BrN2O3. The molecule has 6 heteroatoms. The van der Waals surface area contributed by atoms with E-state index in [4.69, 9.17) is 9.47 Å². The molecule has 1 aliphatic heterocycles. The highest BCUT2D eigenvalue weighted by atomic mass is 79.9. The van der Waals surface area contributed by atoms with E-state index < -0.39 is 0 Å². The van der Waals surface area contributed by atoms with Gasteiger partial charge in [0, 0.05) is 23.8 Å². The highest BCUT2D eigenvalue weighted by Gasteiger charge is 2.27. The van der Waals surface area contributed by atoms with Crippen LogP contribution >= 0.6 is 15.9 Å². The predicted octanol–water partition coefficient (Wildman–Crippen LogP) is 3.95. The average Bonchev–Trinajstić information content (AvgIpc) is 2.62. The number of hydrogen-bond acceptors (Lipinski definition) is 5. The molecule has 0 spiro atoms. The highest BCUT2D eigenvalue weighted by Crippen LogP contribution is 2.28. The van der Waals surface area contributed by atoms with Gasteiger partial charge in [-0.2, -0.15) is 0 Å². The van der Waals surface area contributed by atoms with E-state index in [0.29, 0.717) is 23.6 Å². The van der Waals surface area contributed by atoms with Crippen LogP contribution < -0.4 is 4.90 Å². The van der Waals surface area contributed by atoms with Crippen LogP contribution in [0.3, 0.4) is 0 Å². The second kappa shape index (κ2) is 8.30. The van der Waals surface area contributed by atoms with Crippen molar-refractivity contribution in [3.63, 3.8) is 0 Å². The molecule has 5 nitrogen and oxygen atoms in total. The summed E-state index contributed by atoms with van der Waals surface area (Å²) in [6.45, 7) is 1.71. The number of ether oxygens (including phenoxy) is 2. The normalized spacial score (nSPS) is 20.2. The Morgan fingerprint density at radius 1 is 1.17 bits per heavy atom. The summed E-state index contributed by atoms with van der Waals surface area (Å²) < 4.78 is 12.0. The lowest BCUT2D eigenvalue weighted by Crippen LogP contribution is -2.40. The molecule has 1 aromatic heterocycles. The molecule has 1 aliphatic carbocycles. The van der Waals surface area contributed by atoms with Crippen molar-refractivity contribution < 1.29 is 14.3 Å². The van der Waals surface area contributed by atoms with Crippen molar-refractivity contribution in [1.29, 1.82) is 0 Å². The third-order valence-electron chi connectivity index (χ3n) is 4.92. The largest absolute Gasteiger partial charge is 0.465 e. The Morgan fingerprint density at radius 2 is 1.83 bits per heavy atom. The molecular weight excluding hydrogens is 372 g/mol. The van der Waals surface area contributed by atoms with Gasteiger partial charge in [0.25, 0.3) is 0 Å². The summed E-state index contributed by atoms with van der Waals surface area (Å²) in [6.07, 6.45) is 10.8. The van der Waals surface area contributed by atoms with Crippen LogP contribution in [0.2, 0.25) is 0 Å². The van der Waals surface area contributed by atoms with Crippen LogP contribution in [0, 0.1) is 0 Å². The fourth-order valence-corrected chi connectivity index (χ4v) is 3.95. The number of methoxy groups -OCH3 is 1. The van der Waals surface area contributed by atoms with Crippen LogP contribution in [0.4, 0.5) is 5.82 Å². The first kappa shape index (κ1) is 17.7. The van der Waals surface area contributed by atoms with Crippen LogP contribution in [-0.2, 0) is 9.47 Å². The maximum absolute atomic E-state index is 12.0. The van der Waals surface area contributed by atoms with Gasteiger partial charge in [0.15, 0.2) is 0 Å². The molecule has 2 fully saturated rings. The van der Waals surface area contributed by atoms with Crippen molar-refractivity contribution >= 4 is 27.7 Å². The second-order valence-corrected chi connectivity index (χ2v) is 7.51. The molecule has 1 saturated carbocycles. The van der Waals surface area contributed by atoms with Gasteiger partial charge >= 0.3 is 5.97 Å². The Hall–Kier alpha value is -1.14. The van der Waals surface area contributed by atoms with Crippen molar-refractivity contribution in [3.05, 3.63) is 22.3 Å². The number of carbonyl (C=O) groups is 1. The fourth-order valence-electron chi connectivity index (χ4n) is 3.62. The first-order valence-corrected chi connectivity index (χ1v) is 9.61. The van der Waals surface area contributed by atoms with Crippen molar-refractivity contribution in [1.82, 2.24) is 4.98 Å². The van der Waals surface area contributed by atoms with E-state index in [1.54, 1.807) is 12.3 Å². The molecule has 0 bridgehead atoms. The van der Waals surface area contributed by atoms with Gasteiger partial charge in [-0.15, -0.1) is 0 Å². The Kier molecular flexibility index (Phi) is 6.11. The fraction of sp³-hybridized carbons (Fsp3) is 0.667. The third-order valence-corrected chi connectivity index (χ3v) is 5.35. The summed E-state index contributed by atoms with van der Waals surface area (Å²) in [6, 6.07) is 1.78. The minimum atomic E-state index is -0.348. The molecule has 0 amide bonds. The average molecular weight is 397 g/mol. The Bertz CT molecular complexity index is 567. The molecule has 132 valence electrons. The van der Waals surface area contributed by atoms with E-state index in [0.717, 1.165) is 30.4 Å². The summed E-state index contributed by atoms with van der Waals surface area (Å²) in [5.41, 5.74) is 0.513. The minimum absolute atomic E-state index is 0.335. The molecule has 3 rings (SSSR count). The molecule has 2 aliphatic rings. The summed E-state index contributed by atoms with van der Waals surface area (Å²) in [4.78, 5) is 18.6. The van der Waals surface area contributed by atoms with Gasteiger partial charge in [0.05, 0.1) is 19.3 Å². The number of pyridine rings is 1. The zero-order chi connectivity index (χ0) is 16.9. The van der Waals surface area contributed by atoms with Gasteiger partial charge in [0.1, 0.15) is 11.4 Å².